The summed E-state index contributed by atoms with van der Waals surface area (Å²) in [5.41, 5.74) is 0.570. The van der Waals surface area contributed by atoms with E-state index in [1.165, 1.54) is 23.4 Å². The number of carbonyl (C=O) groups is 1. The van der Waals surface area contributed by atoms with E-state index < -0.39 is 6.10 Å². The minimum absolute atomic E-state index is 0.0859. The highest BCUT2D eigenvalue weighted by molar-refractivity contribution is 5.74. The number of phenols is 1. The van der Waals surface area contributed by atoms with Crippen molar-refractivity contribution < 1.29 is 15.0 Å². The van der Waals surface area contributed by atoms with Gasteiger partial charge in [0.15, 0.2) is 0 Å². The van der Waals surface area contributed by atoms with E-state index in [-0.39, 0.29) is 18.3 Å². The van der Waals surface area contributed by atoms with Gasteiger partial charge in [-0.2, -0.15) is 5.10 Å². The van der Waals surface area contributed by atoms with Crippen molar-refractivity contribution in [2.24, 2.45) is 7.05 Å². The van der Waals surface area contributed by atoms with E-state index in [9.17, 15) is 15.0 Å². The van der Waals surface area contributed by atoms with E-state index in [0.29, 0.717) is 25.1 Å². The van der Waals surface area contributed by atoms with Crippen molar-refractivity contribution >= 4 is 6.03 Å². The molecule has 0 fully saturated rings. The Bertz CT molecular complexity index is 673. The van der Waals surface area contributed by atoms with Crippen LogP contribution in [0.25, 0.3) is 0 Å². The molecule has 3 N–H and O–H groups in total. The van der Waals surface area contributed by atoms with Gasteiger partial charge in [0, 0.05) is 26.6 Å². The lowest BCUT2D eigenvalue weighted by Gasteiger charge is -2.24. The number of phenolic OH excluding ortho intramolecular Hbond substituents is 1. The number of nitrogens with one attached hydrogen (secondary N) is 1. The van der Waals surface area contributed by atoms with Crippen LogP contribution in [0.3, 0.4) is 0 Å². The number of likely N-dealkylation sites (N-methyl/N-ethyl adjacent to an activating group) is 1. The molecule has 0 spiro atoms. The number of amides is 2. The maximum absolute atomic E-state index is 12.2. The van der Waals surface area contributed by atoms with Crippen molar-refractivity contribution in [3.8, 4) is 5.75 Å². The Labute approximate surface area is 140 Å². The van der Waals surface area contributed by atoms with Gasteiger partial charge in [-0.25, -0.2) is 9.78 Å². The molecule has 8 heteroatoms. The lowest BCUT2D eigenvalue weighted by atomic mass is 10.1. The SMILES string of the molecule is CCN(C[C@@H](O)c1cccc(O)c1)C(=O)NCCc1ncnn1C. The molecular weight excluding hydrogens is 310 g/mol. The fourth-order valence-corrected chi connectivity index (χ4v) is 2.34. The first-order valence-electron chi connectivity index (χ1n) is 7.84. The zero-order valence-corrected chi connectivity index (χ0v) is 13.9. The largest absolute Gasteiger partial charge is 0.508 e. The molecule has 1 aromatic carbocycles. The second-order valence-corrected chi connectivity index (χ2v) is 5.43. The number of benzene rings is 1. The smallest absolute Gasteiger partial charge is 0.317 e. The topological polar surface area (TPSA) is 104 Å². The molecule has 0 bridgehead atoms. The van der Waals surface area contributed by atoms with Crippen molar-refractivity contribution in [3.63, 3.8) is 0 Å². The number of aliphatic hydroxyl groups is 1. The summed E-state index contributed by atoms with van der Waals surface area (Å²) in [6.45, 7) is 2.89. The summed E-state index contributed by atoms with van der Waals surface area (Å²) in [6, 6.07) is 6.14. The highest BCUT2D eigenvalue weighted by atomic mass is 16.3. The molecule has 24 heavy (non-hydrogen) atoms. The molecule has 0 aliphatic heterocycles. The van der Waals surface area contributed by atoms with E-state index >= 15 is 0 Å². The Morgan fingerprint density at radius 3 is 2.88 bits per heavy atom. The number of aliphatic hydroxyl groups excluding tert-OH is 1. The average Bonchev–Trinajstić information content (AvgIpc) is 2.97. The first kappa shape index (κ1) is 17.7. The molecular formula is C16H23N5O3. The summed E-state index contributed by atoms with van der Waals surface area (Å²) >= 11 is 0. The van der Waals surface area contributed by atoms with E-state index in [4.69, 9.17) is 0 Å². The monoisotopic (exact) mass is 333 g/mol. The quantitative estimate of drug-likeness (QED) is 0.696. The van der Waals surface area contributed by atoms with Crippen molar-refractivity contribution in [2.75, 3.05) is 19.6 Å². The van der Waals surface area contributed by atoms with E-state index in [2.05, 4.69) is 15.4 Å². The standard InChI is InChI=1S/C16H23N5O3/c1-3-21(10-14(23)12-5-4-6-13(22)9-12)16(24)17-8-7-15-18-11-19-20(15)2/h4-6,9,11,14,22-23H,3,7-8,10H2,1-2H3,(H,17,24)/t14-/m1/s1. The molecule has 8 nitrogen and oxygen atoms in total. The van der Waals surface area contributed by atoms with Crippen LogP contribution in [0.1, 0.15) is 24.4 Å². The predicted molar refractivity (Wildman–Crippen MR) is 88.4 cm³/mol. The Morgan fingerprint density at radius 2 is 2.25 bits per heavy atom. The molecule has 2 aromatic rings. The van der Waals surface area contributed by atoms with Gasteiger partial charge in [0.1, 0.15) is 17.9 Å². The number of carbonyl (C=O) groups excluding carboxylic acids is 1. The lowest BCUT2D eigenvalue weighted by Crippen LogP contribution is -2.42. The molecule has 1 heterocycles. The Balaban J connectivity index is 1.85. The van der Waals surface area contributed by atoms with Crippen LogP contribution in [0.2, 0.25) is 0 Å². The zero-order chi connectivity index (χ0) is 17.5. The Kier molecular flexibility index (Phi) is 6.14. The number of hydrogen-bond donors (Lipinski definition) is 3. The number of rotatable bonds is 7. The van der Waals surface area contributed by atoms with Gasteiger partial charge in [-0.15, -0.1) is 0 Å². The third-order valence-electron chi connectivity index (χ3n) is 3.75. The molecule has 130 valence electrons. The molecule has 0 saturated heterocycles. The summed E-state index contributed by atoms with van der Waals surface area (Å²) < 4.78 is 1.66. The van der Waals surface area contributed by atoms with Crippen LogP contribution >= 0.6 is 0 Å². The van der Waals surface area contributed by atoms with Crippen molar-refractivity contribution in [1.29, 1.82) is 0 Å². The molecule has 0 aliphatic rings. The van der Waals surface area contributed by atoms with Crippen LogP contribution < -0.4 is 5.32 Å². The zero-order valence-electron chi connectivity index (χ0n) is 13.9. The minimum Gasteiger partial charge on any atom is -0.508 e. The maximum atomic E-state index is 12.2. The van der Waals surface area contributed by atoms with Gasteiger partial charge in [-0.3, -0.25) is 4.68 Å². The molecule has 0 saturated carbocycles. The predicted octanol–water partition coefficient (Wildman–Crippen LogP) is 0.828. The fraction of sp³-hybridized carbons (Fsp3) is 0.438. The highest BCUT2D eigenvalue weighted by Gasteiger charge is 2.17. The van der Waals surface area contributed by atoms with Gasteiger partial charge in [0.2, 0.25) is 0 Å². The fourth-order valence-electron chi connectivity index (χ4n) is 2.34. The van der Waals surface area contributed by atoms with Crippen molar-refractivity contribution in [3.05, 3.63) is 42.0 Å². The second kappa shape index (κ2) is 8.30. The van der Waals surface area contributed by atoms with Gasteiger partial charge < -0.3 is 20.4 Å². The Morgan fingerprint density at radius 1 is 1.46 bits per heavy atom. The molecule has 1 aromatic heterocycles. The van der Waals surface area contributed by atoms with Crippen LogP contribution in [0.5, 0.6) is 5.75 Å². The number of nitrogens with zero attached hydrogens (tertiary/aromatic N) is 4. The third-order valence-corrected chi connectivity index (χ3v) is 3.75. The summed E-state index contributed by atoms with van der Waals surface area (Å²) in [5, 5.41) is 26.5. The van der Waals surface area contributed by atoms with Gasteiger partial charge >= 0.3 is 6.03 Å². The number of aromatic nitrogens is 3. The van der Waals surface area contributed by atoms with Crippen LogP contribution in [0.4, 0.5) is 4.79 Å². The number of aromatic hydroxyl groups is 1. The second-order valence-electron chi connectivity index (χ2n) is 5.43. The van der Waals surface area contributed by atoms with Crippen LogP contribution in [-0.4, -0.2) is 55.5 Å². The van der Waals surface area contributed by atoms with E-state index in [0.717, 1.165) is 5.82 Å². The molecule has 0 radical (unpaired) electrons. The van der Waals surface area contributed by atoms with Gasteiger partial charge in [-0.05, 0) is 24.6 Å². The first-order valence-corrected chi connectivity index (χ1v) is 7.84. The van der Waals surface area contributed by atoms with Crippen LogP contribution in [-0.2, 0) is 13.5 Å². The highest BCUT2D eigenvalue weighted by Crippen LogP contribution is 2.19. The van der Waals surface area contributed by atoms with Crippen LogP contribution in [0, 0.1) is 0 Å². The Hall–Kier alpha value is -2.61. The maximum Gasteiger partial charge on any atom is 0.317 e. The number of urea groups is 1. The van der Waals surface area contributed by atoms with Gasteiger partial charge in [0.25, 0.3) is 0 Å². The molecule has 2 rings (SSSR count). The summed E-state index contributed by atoms with van der Waals surface area (Å²) in [4.78, 5) is 17.8. The van der Waals surface area contributed by atoms with Gasteiger partial charge in [0.05, 0.1) is 12.6 Å². The lowest BCUT2D eigenvalue weighted by molar-refractivity contribution is 0.123. The summed E-state index contributed by atoms with van der Waals surface area (Å²) in [6.07, 6.45) is 1.19. The van der Waals surface area contributed by atoms with Crippen LogP contribution in [0.15, 0.2) is 30.6 Å². The molecule has 1 atom stereocenters. The minimum atomic E-state index is -0.860. The molecule has 0 aliphatic carbocycles. The van der Waals surface area contributed by atoms with E-state index in [1.54, 1.807) is 23.9 Å². The number of aryl methyl sites for hydroxylation is 1. The number of hydrogen-bond acceptors (Lipinski definition) is 5. The first-order chi connectivity index (χ1) is 11.5. The average molecular weight is 333 g/mol. The third kappa shape index (κ3) is 4.69. The summed E-state index contributed by atoms with van der Waals surface area (Å²) in [7, 11) is 1.80. The normalized spacial score (nSPS) is 12.0. The molecule has 2 amide bonds. The van der Waals surface area contributed by atoms with Crippen molar-refractivity contribution in [1.82, 2.24) is 25.0 Å². The summed E-state index contributed by atoms with van der Waals surface area (Å²) in [5.74, 6) is 0.876. The van der Waals surface area contributed by atoms with Gasteiger partial charge in [-0.1, -0.05) is 12.1 Å². The van der Waals surface area contributed by atoms with Crippen molar-refractivity contribution in [2.45, 2.75) is 19.4 Å². The molecule has 0 unspecified atom stereocenters. The van der Waals surface area contributed by atoms with E-state index in [1.807, 2.05) is 6.92 Å².